The Morgan fingerprint density at radius 3 is 2.28 bits per heavy atom. The van der Waals surface area contributed by atoms with Gasteiger partial charge in [-0.25, -0.2) is 13.9 Å². The number of hydrogen-bond acceptors (Lipinski definition) is 6. The van der Waals surface area contributed by atoms with Gasteiger partial charge in [0, 0.05) is 31.1 Å². The maximum absolute atomic E-state index is 13.1. The van der Waals surface area contributed by atoms with E-state index in [0.29, 0.717) is 37.3 Å². The van der Waals surface area contributed by atoms with Gasteiger partial charge in [-0.15, -0.1) is 0 Å². The Morgan fingerprint density at radius 2 is 1.72 bits per heavy atom. The summed E-state index contributed by atoms with van der Waals surface area (Å²) < 4.78 is 9.82. The highest BCUT2D eigenvalue weighted by Crippen LogP contribution is 2.27. The van der Waals surface area contributed by atoms with Crippen LogP contribution in [-0.2, 0) is 24.4 Å². The van der Waals surface area contributed by atoms with Gasteiger partial charge in [0.15, 0.2) is 11.0 Å². The fraction of sp³-hybridized carbons (Fsp3) is 0.424. The molecule has 3 heterocycles. The molecule has 1 aromatic heterocycles. The predicted octanol–water partition coefficient (Wildman–Crippen LogP) is 4.53. The summed E-state index contributed by atoms with van der Waals surface area (Å²) in [6.45, 7) is 12.5. The number of aliphatic imine (C=N–C) groups is 1. The predicted molar refractivity (Wildman–Crippen MR) is 166 cm³/mol. The van der Waals surface area contributed by atoms with Gasteiger partial charge >= 0.3 is 6.09 Å². The number of likely N-dealkylation sites (tertiary alicyclic amines) is 1. The van der Waals surface area contributed by atoms with E-state index >= 15 is 0 Å². The average Bonchev–Trinajstić information content (AvgIpc) is 3.42. The van der Waals surface area contributed by atoms with E-state index in [1.807, 2.05) is 33.1 Å². The summed E-state index contributed by atoms with van der Waals surface area (Å²) >= 11 is 0. The standard InChI is InChI=1S/C33H41N6O4/c1-6-37-27-13-12-22(23(19-34)20-35-24-14-16-36(17-15-24)32(42)43-33(3,4)5)18-28(27)38(7-2)29(37)21-39-30(40)25-10-8-9-11-26(25)31(39)41/h8-13,18-20,24H,6-7,14-17,21,34H2,1-5H3/q+1. The maximum Gasteiger partial charge on any atom is 0.410 e. The average molecular weight is 586 g/mol. The number of allylic oxidation sites excluding steroid dienone is 1. The Morgan fingerprint density at radius 1 is 1.07 bits per heavy atom. The van der Waals surface area contributed by atoms with Crippen LogP contribution in [-0.4, -0.2) is 63.2 Å². The van der Waals surface area contributed by atoms with Gasteiger partial charge in [0.25, 0.3) is 17.6 Å². The van der Waals surface area contributed by atoms with E-state index in [1.54, 1.807) is 35.4 Å². The van der Waals surface area contributed by atoms with E-state index in [1.165, 1.54) is 4.90 Å². The van der Waals surface area contributed by atoms with Gasteiger partial charge in [-0.05, 0) is 83.4 Å². The Hall–Kier alpha value is -4.47. The zero-order valence-electron chi connectivity index (χ0n) is 25.7. The van der Waals surface area contributed by atoms with Crippen LogP contribution < -0.4 is 10.3 Å². The van der Waals surface area contributed by atoms with Gasteiger partial charge in [0.1, 0.15) is 12.1 Å². The molecule has 0 unspecified atom stereocenters. The molecule has 0 atom stereocenters. The number of hydrogen-bond donors (Lipinski definition) is 1. The number of ether oxygens (including phenoxy) is 1. The minimum atomic E-state index is -0.516. The van der Waals surface area contributed by atoms with Gasteiger partial charge in [-0.1, -0.05) is 12.1 Å². The number of imidazole rings is 1. The van der Waals surface area contributed by atoms with E-state index < -0.39 is 5.60 Å². The second-order valence-corrected chi connectivity index (χ2v) is 11.9. The lowest BCUT2D eigenvalue weighted by molar-refractivity contribution is -0.677. The quantitative estimate of drug-likeness (QED) is 0.249. The number of nitrogens with zero attached hydrogens (tertiary/aromatic N) is 5. The lowest BCUT2D eigenvalue weighted by Gasteiger charge is -2.32. The third-order valence-corrected chi connectivity index (χ3v) is 8.04. The third-order valence-electron chi connectivity index (χ3n) is 8.04. The molecule has 2 aromatic carbocycles. The first kappa shape index (κ1) is 30.0. The van der Waals surface area contributed by atoms with Crippen molar-refractivity contribution in [3.8, 4) is 0 Å². The molecule has 0 bridgehead atoms. The van der Waals surface area contributed by atoms with Crippen molar-refractivity contribution in [2.75, 3.05) is 13.1 Å². The van der Waals surface area contributed by atoms with E-state index in [4.69, 9.17) is 15.5 Å². The topological polar surface area (TPSA) is 114 Å². The number of fused-ring (bicyclic) bond motifs is 2. The largest absolute Gasteiger partial charge is 0.444 e. The fourth-order valence-corrected chi connectivity index (χ4v) is 5.90. The second kappa shape index (κ2) is 12.0. The van der Waals surface area contributed by atoms with Crippen LogP contribution >= 0.6 is 0 Å². The van der Waals surface area contributed by atoms with Crippen LogP contribution in [0.3, 0.4) is 0 Å². The van der Waals surface area contributed by atoms with Crippen LogP contribution in [0.25, 0.3) is 16.6 Å². The van der Waals surface area contributed by atoms with Gasteiger partial charge in [0.2, 0.25) is 0 Å². The Bertz CT molecular complexity index is 1590. The summed E-state index contributed by atoms with van der Waals surface area (Å²) in [5.74, 6) is 0.354. The SMILES string of the molecule is CCn1c(CN2C(=O)c3ccccc3C2=O)[n+](CC)c2ccc(C(C=NC3CCN(C(=O)OC(C)(C)C)CC3)=CN)cc21. The van der Waals surface area contributed by atoms with Crippen molar-refractivity contribution in [3.05, 3.63) is 71.2 Å². The zero-order valence-corrected chi connectivity index (χ0v) is 25.7. The highest BCUT2D eigenvalue weighted by molar-refractivity contribution is 6.21. The van der Waals surface area contributed by atoms with E-state index in [9.17, 15) is 14.4 Å². The Labute approximate surface area is 252 Å². The highest BCUT2D eigenvalue weighted by Gasteiger charge is 2.38. The Kier molecular flexibility index (Phi) is 8.39. The van der Waals surface area contributed by atoms with Crippen molar-refractivity contribution < 1.29 is 23.7 Å². The zero-order chi connectivity index (χ0) is 30.9. The van der Waals surface area contributed by atoms with E-state index in [-0.39, 0.29) is 30.5 Å². The van der Waals surface area contributed by atoms with Crippen LogP contribution in [0.5, 0.6) is 0 Å². The molecule has 3 aromatic rings. The number of rotatable bonds is 7. The molecule has 3 amide bonds. The number of aryl methyl sites for hydroxylation is 2. The summed E-state index contributed by atoms with van der Waals surface area (Å²) in [5.41, 5.74) is 10.2. The number of carbonyl (C=O) groups is 3. The minimum Gasteiger partial charge on any atom is -0.444 e. The van der Waals surface area contributed by atoms with Gasteiger partial charge in [-0.2, -0.15) is 0 Å². The number of amides is 3. The van der Waals surface area contributed by atoms with Gasteiger partial charge in [0.05, 0.1) is 30.3 Å². The van der Waals surface area contributed by atoms with Gasteiger partial charge in [-0.3, -0.25) is 19.5 Å². The van der Waals surface area contributed by atoms with E-state index in [2.05, 4.69) is 35.1 Å². The van der Waals surface area contributed by atoms with Crippen molar-refractivity contribution in [2.45, 2.75) is 78.7 Å². The molecule has 10 nitrogen and oxygen atoms in total. The Balaban J connectivity index is 1.36. The van der Waals surface area contributed by atoms with E-state index in [0.717, 1.165) is 40.8 Å². The third kappa shape index (κ3) is 5.91. The second-order valence-electron chi connectivity index (χ2n) is 11.9. The first-order chi connectivity index (χ1) is 20.6. The summed E-state index contributed by atoms with van der Waals surface area (Å²) in [6.07, 6.45) is 4.61. The van der Waals surface area contributed by atoms with Crippen molar-refractivity contribution in [2.24, 2.45) is 10.7 Å². The smallest absolute Gasteiger partial charge is 0.410 e. The summed E-state index contributed by atoms with van der Waals surface area (Å²) in [6, 6.07) is 13.2. The summed E-state index contributed by atoms with van der Waals surface area (Å²) in [7, 11) is 0. The van der Waals surface area contributed by atoms with Crippen molar-refractivity contribution in [1.82, 2.24) is 14.4 Å². The number of aromatic nitrogens is 2. The monoisotopic (exact) mass is 585 g/mol. The molecule has 0 radical (unpaired) electrons. The number of carbonyl (C=O) groups excluding carboxylic acids is 3. The van der Waals surface area contributed by atoms with Crippen molar-refractivity contribution >= 4 is 40.7 Å². The minimum absolute atomic E-state index is 0.0883. The van der Waals surface area contributed by atoms with Crippen LogP contribution in [0.1, 0.15) is 79.6 Å². The lowest BCUT2D eigenvalue weighted by atomic mass is 10.0. The molecule has 0 spiro atoms. The molecule has 1 fully saturated rings. The van der Waals surface area contributed by atoms with Crippen LogP contribution in [0.4, 0.5) is 4.79 Å². The molecule has 2 N–H and O–H groups in total. The normalized spacial score (nSPS) is 16.5. The first-order valence-electron chi connectivity index (χ1n) is 15.0. The molecule has 43 heavy (non-hydrogen) atoms. The number of piperidine rings is 1. The summed E-state index contributed by atoms with van der Waals surface area (Å²) in [4.78, 5) is 46.6. The molecule has 2 aliphatic rings. The molecule has 1 saturated heterocycles. The summed E-state index contributed by atoms with van der Waals surface area (Å²) in [5, 5.41) is 0. The molecular formula is C33H41N6O4+. The van der Waals surface area contributed by atoms with Crippen LogP contribution in [0, 0.1) is 0 Å². The maximum atomic E-state index is 13.1. The van der Waals surface area contributed by atoms with Crippen molar-refractivity contribution in [3.63, 3.8) is 0 Å². The number of benzene rings is 2. The van der Waals surface area contributed by atoms with Gasteiger partial charge < -0.3 is 15.4 Å². The molecular weight excluding hydrogens is 544 g/mol. The first-order valence-corrected chi connectivity index (χ1v) is 15.0. The molecule has 10 heteroatoms. The fourth-order valence-electron chi connectivity index (χ4n) is 5.90. The number of nitrogens with two attached hydrogens (primary N) is 1. The van der Waals surface area contributed by atoms with Crippen LogP contribution in [0.15, 0.2) is 53.7 Å². The lowest BCUT2D eigenvalue weighted by Crippen LogP contribution is -2.42. The molecule has 226 valence electrons. The molecule has 2 aliphatic heterocycles. The van der Waals surface area contributed by atoms with Crippen molar-refractivity contribution in [1.29, 1.82) is 0 Å². The highest BCUT2D eigenvalue weighted by atomic mass is 16.6. The van der Waals surface area contributed by atoms with Crippen LogP contribution in [0.2, 0.25) is 0 Å². The molecule has 0 saturated carbocycles. The molecule has 5 rings (SSSR count). The number of imide groups is 1. The molecule has 0 aliphatic carbocycles.